The number of fused-ring (bicyclic) bond motifs is 1. The summed E-state index contributed by atoms with van der Waals surface area (Å²) < 4.78 is 1.57. The van der Waals surface area contributed by atoms with Gasteiger partial charge < -0.3 is 5.32 Å². The maximum Gasteiger partial charge on any atom is 0.277 e. The molecule has 1 aliphatic heterocycles. The number of aromatic nitrogens is 2. The number of nitrogens with one attached hydrogen (secondary N) is 2. The molecule has 2 heterocycles. The van der Waals surface area contributed by atoms with Gasteiger partial charge in [0.25, 0.3) is 5.56 Å². The van der Waals surface area contributed by atoms with Crippen LogP contribution in [0.2, 0.25) is 0 Å². The van der Waals surface area contributed by atoms with E-state index < -0.39 is 0 Å². The van der Waals surface area contributed by atoms with Crippen molar-refractivity contribution in [2.45, 2.75) is 52.4 Å². The Morgan fingerprint density at radius 1 is 0.969 bits per heavy atom. The molecule has 1 aromatic heterocycles. The van der Waals surface area contributed by atoms with E-state index in [4.69, 9.17) is 0 Å². The van der Waals surface area contributed by atoms with Gasteiger partial charge in [0.05, 0.1) is 11.3 Å². The van der Waals surface area contributed by atoms with Crippen LogP contribution in [0.25, 0.3) is 5.69 Å². The number of hydrogen-bond donors (Lipinski definition) is 2. The number of hydrogen-bond acceptors (Lipinski definition) is 3. The van der Waals surface area contributed by atoms with Crippen molar-refractivity contribution in [2.24, 2.45) is 5.41 Å². The molecule has 0 bridgehead atoms. The molecule has 32 heavy (non-hydrogen) atoms. The van der Waals surface area contributed by atoms with E-state index >= 15 is 0 Å². The van der Waals surface area contributed by atoms with Crippen molar-refractivity contribution in [2.75, 3.05) is 5.32 Å². The molecule has 164 valence electrons. The van der Waals surface area contributed by atoms with Gasteiger partial charge in [-0.25, -0.2) is 4.68 Å². The molecule has 0 radical (unpaired) electrons. The summed E-state index contributed by atoms with van der Waals surface area (Å²) in [5, 5.41) is 6.70. The van der Waals surface area contributed by atoms with Crippen molar-refractivity contribution in [1.82, 2.24) is 9.78 Å². The number of nitrogens with zero attached hydrogens (tertiary/aromatic N) is 1. The number of carbonyl (C=O) groups excluding carboxylic acids is 1. The fraction of sp³-hybridized carbons (Fsp3) is 0.333. The molecule has 0 saturated heterocycles. The van der Waals surface area contributed by atoms with E-state index in [0.717, 1.165) is 28.9 Å². The van der Waals surface area contributed by atoms with Gasteiger partial charge in [-0.15, -0.1) is 0 Å². The highest BCUT2D eigenvalue weighted by atomic mass is 16.1. The molecular formula is C27H29N3O2. The zero-order chi connectivity index (χ0) is 22.6. The van der Waals surface area contributed by atoms with Crippen LogP contribution in [0.15, 0.2) is 70.7 Å². The summed E-state index contributed by atoms with van der Waals surface area (Å²) in [6, 6.07) is 17.9. The van der Waals surface area contributed by atoms with Crippen LogP contribution < -0.4 is 10.9 Å². The fourth-order valence-corrected chi connectivity index (χ4v) is 5.06. The Labute approximate surface area is 188 Å². The average Bonchev–Trinajstić information content (AvgIpc) is 3.08. The van der Waals surface area contributed by atoms with Crippen LogP contribution in [0.1, 0.15) is 69.1 Å². The van der Waals surface area contributed by atoms with E-state index in [-0.39, 0.29) is 22.7 Å². The van der Waals surface area contributed by atoms with E-state index in [1.165, 1.54) is 5.56 Å². The summed E-state index contributed by atoms with van der Waals surface area (Å²) in [7, 11) is 0. The van der Waals surface area contributed by atoms with Crippen molar-refractivity contribution >= 4 is 11.6 Å². The van der Waals surface area contributed by atoms with Crippen molar-refractivity contribution in [1.29, 1.82) is 0 Å². The van der Waals surface area contributed by atoms with Crippen molar-refractivity contribution in [3.05, 3.63) is 92.9 Å². The average molecular weight is 428 g/mol. The van der Waals surface area contributed by atoms with E-state index in [1.807, 2.05) is 30.3 Å². The minimum Gasteiger partial charge on any atom is -0.343 e. The van der Waals surface area contributed by atoms with Gasteiger partial charge in [0.15, 0.2) is 5.78 Å². The molecule has 1 aliphatic carbocycles. The Balaban J connectivity index is 1.72. The summed E-state index contributed by atoms with van der Waals surface area (Å²) in [4.78, 5) is 27.0. The fourth-order valence-electron chi connectivity index (χ4n) is 5.06. The third-order valence-electron chi connectivity index (χ3n) is 6.65. The molecule has 5 rings (SSSR count). The molecule has 5 nitrogen and oxygen atoms in total. The Kier molecular flexibility index (Phi) is 4.73. The predicted molar refractivity (Wildman–Crippen MR) is 127 cm³/mol. The quantitative estimate of drug-likeness (QED) is 0.581. The summed E-state index contributed by atoms with van der Waals surface area (Å²) in [6.07, 6.45) is 1.26. The van der Waals surface area contributed by atoms with E-state index in [2.05, 4.69) is 62.4 Å². The SMILES string of the molecule is CC(C)c1ccc(C2C3=C(CC(C)(C)CC3=O)Nc3[nH]n(-c4ccccc4)c(=O)c32)cc1. The maximum atomic E-state index is 13.6. The van der Waals surface area contributed by atoms with Crippen LogP contribution in [0.3, 0.4) is 0 Å². The highest BCUT2D eigenvalue weighted by Gasteiger charge is 2.42. The first-order valence-electron chi connectivity index (χ1n) is 11.3. The lowest BCUT2D eigenvalue weighted by molar-refractivity contribution is -0.118. The van der Waals surface area contributed by atoms with Gasteiger partial charge in [-0.05, 0) is 41.0 Å². The normalized spacial score (nSPS) is 19.5. The summed E-state index contributed by atoms with van der Waals surface area (Å²) in [6.45, 7) is 8.57. The van der Waals surface area contributed by atoms with Crippen molar-refractivity contribution in [3.63, 3.8) is 0 Å². The minimum atomic E-state index is -0.375. The molecule has 0 amide bonds. The van der Waals surface area contributed by atoms with E-state index in [1.54, 1.807) is 4.68 Å². The molecule has 2 aromatic carbocycles. The van der Waals surface area contributed by atoms with Crippen molar-refractivity contribution in [3.8, 4) is 5.69 Å². The molecule has 5 heteroatoms. The number of allylic oxidation sites excluding steroid dienone is 2. The van der Waals surface area contributed by atoms with Gasteiger partial charge >= 0.3 is 0 Å². The van der Waals surface area contributed by atoms with Crippen LogP contribution >= 0.6 is 0 Å². The Hall–Kier alpha value is -3.34. The van der Waals surface area contributed by atoms with Gasteiger partial charge in [0, 0.05) is 23.6 Å². The standard InChI is InChI=1S/C27H29N3O2/c1-16(2)17-10-12-18(13-11-17)22-23-20(14-27(3,4)15-21(23)31)28-25-24(22)26(32)30(29-25)19-8-6-5-7-9-19/h5-13,16,22,28-29H,14-15H2,1-4H3. The van der Waals surface area contributed by atoms with Crippen LogP contribution in [-0.2, 0) is 4.79 Å². The van der Waals surface area contributed by atoms with E-state index in [9.17, 15) is 9.59 Å². The number of para-hydroxylation sites is 1. The third kappa shape index (κ3) is 3.32. The first kappa shape index (κ1) is 20.6. The zero-order valence-electron chi connectivity index (χ0n) is 19.0. The number of aromatic amines is 1. The zero-order valence-corrected chi connectivity index (χ0v) is 19.0. The number of Topliss-reactive ketones (excluding diaryl/α,β-unsaturated/α-hetero) is 1. The lowest BCUT2D eigenvalue weighted by atomic mass is 9.69. The second-order valence-electron chi connectivity index (χ2n) is 10.1. The molecule has 1 atom stereocenters. The Morgan fingerprint density at radius 2 is 1.66 bits per heavy atom. The molecular weight excluding hydrogens is 398 g/mol. The molecule has 2 N–H and O–H groups in total. The third-order valence-corrected chi connectivity index (χ3v) is 6.65. The van der Waals surface area contributed by atoms with Crippen LogP contribution in [0.5, 0.6) is 0 Å². The van der Waals surface area contributed by atoms with Crippen LogP contribution in [-0.4, -0.2) is 15.6 Å². The largest absolute Gasteiger partial charge is 0.343 e. The second-order valence-corrected chi connectivity index (χ2v) is 10.1. The highest BCUT2D eigenvalue weighted by molar-refractivity contribution is 6.01. The lowest BCUT2D eigenvalue weighted by Crippen LogP contribution is -2.35. The molecule has 1 unspecified atom stereocenters. The number of ketones is 1. The van der Waals surface area contributed by atoms with Crippen LogP contribution in [0, 0.1) is 5.41 Å². The second kappa shape index (κ2) is 7.37. The number of anilines is 1. The first-order valence-corrected chi connectivity index (χ1v) is 11.3. The van der Waals surface area contributed by atoms with Gasteiger partial charge in [-0.1, -0.05) is 70.2 Å². The van der Waals surface area contributed by atoms with Gasteiger partial charge in [-0.3, -0.25) is 14.7 Å². The molecule has 0 spiro atoms. The number of benzene rings is 2. The molecule has 3 aromatic rings. The number of carbonyl (C=O) groups is 1. The molecule has 0 saturated carbocycles. The smallest absolute Gasteiger partial charge is 0.277 e. The molecule has 0 fully saturated rings. The maximum absolute atomic E-state index is 13.6. The van der Waals surface area contributed by atoms with E-state index in [0.29, 0.717) is 23.7 Å². The monoisotopic (exact) mass is 427 g/mol. The Bertz CT molecular complexity index is 1270. The summed E-state index contributed by atoms with van der Waals surface area (Å²) in [5.74, 6) is 0.849. The lowest BCUT2D eigenvalue weighted by Gasteiger charge is -2.37. The van der Waals surface area contributed by atoms with Gasteiger partial charge in [-0.2, -0.15) is 0 Å². The van der Waals surface area contributed by atoms with Gasteiger partial charge in [0.1, 0.15) is 5.82 Å². The summed E-state index contributed by atoms with van der Waals surface area (Å²) in [5.41, 5.74) is 5.03. The number of H-pyrrole nitrogens is 1. The van der Waals surface area contributed by atoms with Crippen LogP contribution in [0.4, 0.5) is 5.82 Å². The topological polar surface area (TPSA) is 66.9 Å². The Morgan fingerprint density at radius 3 is 2.31 bits per heavy atom. The number of rotatable bonds is 3. The highest BCUT2D eigenvalue weighted by Crippen LogP contribution is 2.47. The van der Waals surface area contributed by atoms with Gasteiger partial charge in [0.2, 0.25) is 0 Å². The summed E-state index contributed by atoms with van der Waals surface area (Å²) >= 11 is 0. The molecule has 2 aliphatic rings. The first-order chi connectivity index (χ1) is 15.2. The minimum absolute atomic E-state index is 0.116. The predicted octanol–water partition coefficient (Wildman–Crippen LogP) is 5.49. The van der Waals surface area contributed by atoms with Crippen molar-refractivity contribution < 1.29 is 4.79 Å².